The van der Waals surface area contributed by atoms with Crippen LogP contribution >= 0.6 is 9.24 Å². The molecule has 5 atom stereocenters. The zero-order valence-electron chi connectivity index (χ0n) is 20.8. The molecule has 0 aliphatic heterocycles. The van der Waals surface area contributed by atoms with Gasteiger partial charge in [0.2, 0.25) is 0 Å². The van der Waals surface area contributed by atoms with Gasteiger partial charge in [-0.2, -0.15) is 0 Å². The SMILES string of the molecule is CC1=CC=C(CCC(C)CC/C=C(\C)CCC/C(C)=C/CCC(C)CN)C(P)C1C. The monoisotopic (exact) mass is 431 g/mol. The number of allylic oxidation sites excluding steroid dienone is 8. The first-order valence-electron chi connectivity index (χ1n) is 12.4. The third kappa shape index (κ3) is 11.1. The molecule has 2 N–H and O–H groups in total. The van der Waals surface area contributed by atoms with Crippen molar-refractivity contribution in [2.24, 2.45) is 23.5 Å². The first-order chi connectivity index (χ1) is 14.2. The number of rotatable bonds is 14. The van der Waals surface area contributed by atoms with Crippen molar-refractivity contribution in [3.05, 3.63) is 46.6 Å². The summed E-state index contributed by atoms with van der Waals surface area (Å²) in [5, 5.41) is 0. The maximum atomic E-state index is 5.69. The summed E-state index contributed by atoms with van der Waals surface area (Å²) >= 11 is 0. The minimum absolute atomic E-state index is 0.630. The maximum Gasteiger partial charge on any atom is 0.00101 e. The molecule has 1 rings (SSSR count). The quantitative estimate of drug-likeness (QED) is 0.217. The van der Waals surface area contributed by atoms with Gasteiger partial charge in [-0.3, -0.25) is 0 Å². The highest BCUT2D eigenvalue weighted by atomic mass is 31.0. The molecule has 2 heteroatoms. The van der Waals surface area contributed by atoms with E-state index in [1.54, 1.807) is 16.7 Å². The topological polar surface area (TPSA) is 26.0 Å². The minimum Gasteiger partial charge on any atom is -0.330 e. The zero-order valence-corrected chi connectivity index (χ0v) is 22.0. The van der Waals surface area contributed by atoms with Gasteiger partial charge in [0.15, 0.2) is 0 Å². The van der Waals surface area contributed by atoms with E-state index in [0.29, 0.717) is 17.5 Å². The minimum atomic E-state index is 0.630. The Morgan fingerprint density at radius 1 is 1.00 bits per heavy atom. The van der Waals surface area contributed by atoms with Crippen LogP contribution in [0.3, 0.4) is 0 Å². The highest BCUT2D eigenvalue weighted by Gasteiger charge is 2.21. The number of nitrogens with two attached hydrogens (primary N) is 1. The molecule has 0 saturated heterocycles. The van der Waals surface area contributed by atoms with E-state index in [9.17, 15) is 0 Å². The lowest BCUT2D eigenvalue weighted by Crippen LogP contribution is -2.18. The Labute approximate surface area is 190 Å². The second-order valence-electron chi connectivity index (χ2n) is 10.1. The van der Waals surface area contributed by atoms with E-state index in [1.165, 1.54) is 63.4 Å². The Morgan fingerprint density at radius 3 is 2.13 bits per heavy atom. The summed E-state index contributed by atoms with van der Waals surface area (Å²) in [5.41, 5.74) is 12.6. The summed E-state index contributed by atoms with van der Waals surface area (Å²) in [4.78, 5) is 0. The molecular weight excluding hydrogens is 381 g/mol. The molecule has 0 aromatic rings. The highest BCUT2D eigenvalue weighted by Crippen LogP contribution is 2.34. The van der Waals surface area contributed by atoms with Gasteiger partial charge >= 0.3 is 0 Å². The second kappa shape index (κ2) is 15.2. The van der Waals surface area contributed by atoms with Crippen LogP contribution in [0.25, 0.3) is 0 Å². The molecule has 5 unspecified atom stereocenters. The van der Waals surface area contributed by atoms with E-state index in [4.69, 9.17) is 5.73 Å². The summed E-state index contributed by atoms with van der Waals surface area (Å²) in [7, 11) is 3.07. The van der Waals surface area contributed by atoms with Gasteiger partial charge in [0.25, 0.3) is 0 Å². The van der Waals surface area contributed by atoms with Gasteiger partial charge in [0.05, 0.1) is 0 Å². The van der Waals surface area contributed by atoms with Crippen molar-refractivity contribution in [1.82, 2.24) is 0 Å². The van der Waals surface area contributed by atoms with Gasteiger partial charge in [-0.25, -0.2) is 0 Å². The van der Waals surface area contributed by atoms with Crippen molar-refractivity contribution >= 4 is 9.24 Å². The van der Waals surface area contributed by atoms with Crippen LogP contribution in [0.15, 0.2) is 46.6 Å². The molecule has 0 aromatic heterocycles. The van der Waals surface area contributed by atoms with Crippen molar-refractivity contribution in [2.45, 2.75) is 105 Å². The van der Waals surface area contributed by atoms with Crippen molar-refractivity contribution < 1.29 is 0 Å². The van der Waals surface area contributed by atoms with Gasteiger partial charge in [-0.05, 0) is 103 Å². The molecule has 1 aliphatic carbocycles. The molecule has 0 radical (unpaired) electrons. The fourth-order valence-corrected chi connectivity index (χ4v) is 4.69. The van der Waals surface area contributed by atoms with E-state index in [-0.39, 0.29) is 0 Å². The lowest BCUT2D eigenvalue weighted by molar-refractivity contribution is 0.487. The van der Waals surface area contributed by atoms with Crippen LogP contribution in [-0.4, -0.2) is 12.2 Å². The summed E-state index contributed by atoms with van der Waals surface area (Å²) in [5.74, 6) is 2.12. The molecule has 172 valence electrons. The van der Waals surface area contributed by atoms with Crippen LogP contribution in [0.2, 0.25) is 0 Å². The predicted octanol–water partition coefficient (Wildman–Crippen LogP) is 8.39. The maximum absolute atomic E-state index is 5.69. The summed E-state index contributed by atoms with van der Waals surface area (Å²) in [6.45, 7) is 14.7. The molecule has 0 saturated carbocycles. The summed E-state index contributed by atoms with van der Waals surface area (Å²) in [6.07, 6.45) is 20.9. The second-order valence-corrected chi connectivity index (χ2v) is 10.8. The third-order valence-corrected chi connectivity index (χ3v) is 8.03. The van der Waals surface area contributed by atoms with E-state index in [2.05, 4.69) is 75.1 Å². The highest BCUT2D eigenvalue weighted by molar-refractivity contribution is 7.18. The van der Waals surface area contributed by atoms with Crippen molar-refractivity contribution in [3.8, 4) is 0 Å². The molecule has 0 aromatic carbocycles. The Kier molecular flexibility index (Phi) is 13.9. The molecule has 0 spiro atoms. The molecule has 30 heavy (non-hydrogen) atoms. The molecule has 0 heterocycles. The molecule has 0 fully saturated rings. The first kappa shape index (κ1) is 27.4. The van der Waals surface area contributed by atoms with E-state index >= 15 is 0 Å². The average Bonchev–Trinajstić information content (AvgIpc) is 2.71. The van der Waals surface area contributed by atoms with Crippen LogP contribution in [0, 0.1) is 17.8 Å². The van der Waals surface area contributed by atoms with Crippen LogP contribution in [-0.2, 0) is 0 Å². The lowest BCUT2D eigenvalue weighted by Gasteiger charge is -2.27. The summed E-state index contributed by atoms with van der Waals surface area (Å²) < 4.78 is 0. The Bertz CT molecular complexity index is 610. The Morgan fingerprint density at radius 2 is 1.57 bits per heavy atom. The number of hydrogen-bond donors (Lipinski definition) is 1. The van der Waals surface area contributed by atoms with Crippen molar-refractivity contribution in [1.29, 1.82) is 0 Å². The largest absolute Gasteiger partial charge is 0.330 e. The predicted molar refractivity (Wildman–Crippen MR) is 141 cm³/mol. The van der Waals surface area contributed by atoms with Crippen molar-refractivity contribution in [3.63, 3.8) is 0 Å². The molecule has 0 amide bonds. The normalized spacial score (nSPS) is 22.5. The van der Waals surface area contributed by atoms with Gasteiger partial charge < -0.3 is 5.73 Å². The summed E-state index contributed by atoms with van der Waals surface area (Å²) in [6, 6.07) is 0. The smallest absolute Gasteiger partial charge is 0.00101 e. The van der Waals surface area contributed by atoms with Gasteiger partial charge in [0.1, 0.15) is 0 Å². The van der Waals surface area contributed by atoms with Gasteiger partial charge in [-0.15, -0.1) is 9.24 Å². The molecule has 1 aliphatic rings. The first-order valence-corrected chi connectivity index (χ1v) is 13.0. The van der Waals surface area contributed by atoms with Gasteiger partial charge in [0, 0.05) is 5.66 Å². The Balaban J connectivity index is 2.21. The van der Waals surface area contributed by atoms with E-state index < -0.39 is 0 Å². The van der Waals surface area contributed by atoms with Gasteiger partial charge in [-0.1, -0.05) is 67.4 Å². The van der Waals surface area contributed by atoms with Crippen LogP contribution in [0.5, 0.6) is 0 Å². The number of hydrogen-bond acceptors (Lipinski definition) is 1. The lowest BCUT2D eigenvalue weighted by atomic mass is 9.85. The van der Waals surface area contributed by atoms with E-state index in [1.807, 2.05) is 0 Å². The van der Waals surface area contributed by atoms with E-state index in [0.717, 1.165) is 12.5 Å². The fourth-order valence-electron chi connectivity index (χ4n) is 4.11. The van der Waals surface area contributed by atoms with Crippen molar-refractivity contribution in [2.75, 3.05) is 6.54 Å². The zero-order chi connectivity index (χ0) is 22.5. The molecule has 1 nitrogen and oxygen atoms in total. The van der Waals surface area contributed by atoms with Crippen LogP contribution < -0.4 is 5.73 Å². The molecule has 0 bridgehead atoms. The molecular formula is C28H50NP. The third-order valence-electron chi connectivity index (χ3n) is 7.02. The average molecular weight is 432 g/mol. The standard InChI is InChI=1S/C28H50NP/c1-21(10-7-11-22(2)13-9-15-24(4)20-29)12-8-14-23(3)16-18-27-19-17-25(5)26(6)28(27)30/h12-13,17,19,23-24,26,28H,7-11,14-16,18,20,29-30H2,1-6H3/b21-12+,22-13+. The van der Waals surface area contributed by atoms with Crippen LogP contribution in [0.1, 0.15) is 99.3 Å². The van der Waals surface area contributed by atoms with Crippen LogP contribution in [0.4, 0.5) is 0 Å². The Hall–Kier alpha value is -0.650. The fraction of sp³-hybridized carbons (Fsp3) is 0.714.